The molecule has 17 heavy (non-hydrogen) atoms. The van der Waals surface area contributed by atoms with Crippen LogP contribution in [0.2, 0.25) is 0 Å². The molecule has 0 heterocycles. The Morgan fingerprint density at radius 2 is 1.06 bits per heavy atom. The third-order valence-electron chi connectivity index (χ3n) is 2.43. The van der Waals surface area contributed by atoms with Crippen LogP contribution < -0.4 is 18.9 Å². The maximum atomic E-state index is 7.88. The number of benzene rings is 2. The molecule has 2 aromatic rings. The first kappa shape index (κ1) is 14.0. The maximum Gasteiger partial charge on any atom is 1.00 e. The fourth-order valence-electron chi connectivity index (χ4n) is 1.66. The molecular weight excluding hydrogens is 203 g/mol. The van der Waals surface area contributed by atoms with Crippen molar-refractivity contribution in [3.8, 4) is 0 Å². The largest absolute Gasteiger partial charge is 1.00 e. The molecule has 0 atom stereocenters. The van der Waals surface area contributed by atoms with Gasteiger partial charge < -0.3 is 10.9 Å². The van der Waals surface area contributed by atoms with Crippen LogP contribution in [0.15, 0.2) is 60.7 Å². The van der Waals surface area contributed by atoms with Gasteiger partial charge in [-0.05, 0) is 11.1 Å². The van der Waals surface area contributed by atoms with Crippen LogP contribution in [0.25, 0.3) is 5.84 Å². The fourth-order valence-corrected chi connectivity index (χ4v) is 1.66. The van der Waals surface area contributed by atoms with Crippen LogP contribution in [0.1, 0.15) is 11.1 Å². The van der Waals surface area contributed by atoms with E-state index in [2.05, 4.69) is 0 Å². The average Bonchev–Trinajstić information content (AvgIpc) is 2.31. The second-order valence-electron chi connectivity index (χ2n) is 3.83. The van der Waals surface area contributed by atoms with Crippen molar-refractivity contribution < 1.29 is 18.9 Å². The molecule has 0 radical (unpaired) electrons. The van der Waals surface area contributed by atoms with Crippen LogP contribution in [-0.2, 0) is 13.1 Å². The summed E-state index contributed by atoms with van der Waals surface area (Å²) in [7, 11) is 0. The Labute approximate surface area is 115 Å². The molecule has 0 saturated carbocycles. The Morgan fingerprint density at radius 1 is 0.706 bits per heavy atom. The number of hydrogen-bond acceptors (Lipinski definition) is 1. The molecule has 2 rings (SSSR count). The standard InChI is InChI=1S/C14H15N2.Li/c15-16(11-13-7-3-1-4-8-13)12-14-9-5-2-6-10-14;/h1-10,15H,11-12H2;/q-1;+1. The number of nitrogens with zero attached hydrogens (tertiary/aromatic N) is 1. The summed E-state index contributed by atoms with van der Waals surface area (Å²) in [6.45, 7) is 1.32. The summed E-state index contributed by atoms with van der Waals surface area (Å²) in [5.41, 5.74) is 2.35. The molecule has 0 fully saturated rings. The predicted molar refractivity (Wildman–Crippen MR) is 66.5 cm³/mol. The molecule has 0 bridgehead atoms. The minimum Gasteiger partial charge on any atom is -0.609 e. The summed E-state index contributed by atoms with van der Waals surface area (Å²) in [5.74, 6) is 7.88. The van der Waals surface area contributed by atoms with E-state index < -0.39 is 0 Å². The Kier molecular flexibility index (Phi) is 6.03. The monoisotopic (exact) mass is 218 g/mol. The zero-order valence-corrected chi connectivity index (χ0v) is 10.1. The third kappa shape index (κ3) is 4.76. The van der Waals surface area contributed by atoms with E-state index in [1.165, 1.54) is 11.1 Å². The minimum atomic E-state index is 0. The number of nitrogens with one attached hydrogen (secondary N) is 1. The van der Waals surface area contributed by atoms with Crippen LogP contribution in [0, 0.1) is 0 Å². The molecule has 2 nitrogen and oxygen atoms in total. The SMILES string of the molecule is [Li+].[NH-]N(Cc1ccccc1)Cc1ccccc1. The smallest absolute Gasteiger partial charge is 0.609 e. The Hall–Kier alpha value is -1.04. The van der Waals surface area contributed by atoms with Gasteiger partial charge in [-0.2, -0.15) is 0 Å². The fraction of sp³-hybridized carbons (Fsp3) is 0.143. The van der Waals surface area contributed by atoms with Crippen LogP contribution in [-0.4, -0.2) is 5.01 Å². The van der Waals surface area contributed by atoms with Crippen LogP contribution >= 0.6 is 0 Å². The molecule has 0 spiro atoms. The summed E-state index contributed by atoms with van der Waals surface area (Å²) in [5, 5.41) is 1.57. The van der Waals surface area contributed by atoms with E-state index in [0.29, 0.717) is 13.1 Å². The van der Waals surface area contributed by atoms with E-state index in [0.717, 1.165) is 0 Å². The van der Waals surface area contributed by atoms with E-state index in [4.69, 9.17) is 5.84 Å². The van der Waals surface area contributed by atoms with Crippen molar-refractivity contribution in [3.63, 3.8) is 0 Å². The molecule has 1 N–H and O–H groups in total. The third-order valence-corrected chi connectivity index (χ3v) is 2.43. The van der Waals surface area contributed by atoms with Crippen LogP contribution in [0.5, 0.6) is 0 Å². The van der Waals surface area contributed by atoms with Gasteiger partial charge in [0.15, 0.2) is 0 Å². The van der Waals surface area contributed by atoms with Crippen molar-refractivity contribution in [3.05, 3.63) is 77.6 Å². The minimum absolute atomic E-state index is 0. The van der Waals surface area contributed by atoms with E-state index in [1.54, 1.807) is 5.01 Å². The Balaban J connectivity index is 0.00000144. The molecule has 2 aromatic carbocycles. The maximum absolute atomic E-state index is 7.88. The van der Waals surface area contributed by atoms with Crippen molar-refractivity contribution in [1.82, 2.24) is 5.01 Å². The van der Waals surface area contributed by atoms with E-state index in [-0.39, 0.29) is 18.9 Å². The van der Waals surface area contributed by atoms with Crippen molar-refractivity contribution in [1.29, 1.82) is 0 Å². The first-order valence-corrected chi connectivity index (χ1v) is 5.38. The van der Waals surface area contributed by atoms with Gasteiger partial charge in [0.05, 0.1) is 0 Å². The summed E-state index contributed by atoms with van der Waals surface area (Å²) in [6, 6.07) is 20.2. The molecule has 3 heteroatoms. The predicted octanol–water partition coefficient (Wildman–Crippen LogP) is 0.660. The molecule has 0 amide bonds. The topological polar surface area (TPSA) is 27.0 Å². The normalized spacial score (nSPS) is 10.0. The van der Waals surface area contributed by atoms with Gasteiger partial charge >= 0.3 is 18.9 Å². The number of hydrogen-bond donors (Lipinski definition) is 0. The van der Waals surface area contributed by atoms with Gasteiger partial charge in [0.2, 0.25) is 0 Å². The summed E-state index contributed by atoms with van der Waals surface area (Å²) in [6.07, 6.45) is 0. The summed E-state index contributed by atoms with van der Waals surface area (Å²) in [4.78, 5) is 0. The molecular formula is C14H15LiN2. The van der Waals surface area contributed by atoms with Crippen LogP contribution in [0.3, 0.4) is 0 Å². The van der Waals surface area contributed by atoms with Gasteiger partial charge in [-0.25, -0.2) is 0 Å². The Bertz CT molecular complexity index is 375. The summed E-state index contributed by atoms with van der Waals surface area (Å²) >= 11 is 0. The van der Waals surface area contributed by atoms with Crippen molar-refractivity contribution in [2.45, 2.75) is 13.1 Å². The van der Waals surface area contributed by atoms with Gasteiger partial charge in [0.25, 0.3) is 0 Å². The first-order chi connectivity index (χ1) is 7.84. The zero-order chi connectivity index (χ0) is 11.2. The molecule has 0 saturated heterocycles. The number of rotatable bonds is 4. The molecule has 0 aliphatic rings. The second-order valence-corrected chi connectivity index (χ2v) is 3.83. The van der Waals surface area contributed by atoms with Gasteiger partial charge in [-0.1, -0.05) is 60.7 Å². The van der Waals surface area contributed by atoms with Gasteiger partial charge in [0.1, 0.15) is 0 Å². The van der Waals surface area contributed by atoms with Gasteiger partial charge in [-0.3, -0.25) is 0 Å². The molecule has 0 aromatic heterocycles. The van der Waals surface area contributed by atoms with Gasteiger partial charge in [0, 0.05) is 13.1 Å². The quantitative estimate of drug-likeness (QED) is 0.547. The van der Waals surface area contributed by atoms with Crippen molar-refractivity contribution in [2.24, 2.45) is 0 Å². The Morgan fingerprint density at radius 3 is 1.41 bits per heavy atom. The van der Waals surface area contributed by atoms with Crippen LogP contribution in [0.4, 0.5) is 0 Å². The van der Waals surface area contributed by atoms with E-state index in [9.17, 15) is 0 Å². The molecule has 0 unspecified atom stereocenters. The van der Waals surface area contributed by atoms with E-state index >= 15 is 0 Å². The molecule has 0 aliphatic heterocycles. The molecule has 0 aliphatic carbocycles. The zero-order valence-electron chi connectivity index (χ0n) is 10.1. The molecule has 82 valence electrons. The average molecular weight is 218 g/mol. The van der Waals surface area contributed by atoms with Crippen molar-refractivity contribution >= 4 is 0 Å². The van der Waals surface area contributed by atoms with Crippen molar-refractivity contribution in [2.75, 3.05) is 0 Å². The van der Waals surface area contributed by atoms with E-state index in [1.807, 2.05) is 60.7 Å². The summed E-state index contributed by atoms with van der Waals surface area (Å²) < 4.78 is 0. The second kappa shape index (κ2) is 7.32. The van der Waals surface area contributed by atoms with Gasteiger partial charge in [-0.15, -0.1) is 0 Å². The first-order valence-electron chi connectivity index (χ1n) is 5.38.